The van der Waals surface area contributed by atoms with E-state index < -0.39 is 0 Å². The van der Waals surface area contributed by atoms with E-state index >= 15 is 0 Å². The van der Waals surface area contributed by atoms with Crippen molar-refractivity contribution in [3.8, 4) is 5.75 Å². The molecule has 1 aromatic heterocycles. The van der Waals surface area contributed by atoms with E-state index in [1.54, 1.807) is 6.20 Å². The van der Waals surface area contributed by atoms with Crippen LogP contribution in [-0.2, 0) is 11.2 Å². The summed E-state index contributed by atoms with van der Waals surface area (Å²) in [6.45, 7) is 2.61. The van der Waals surface area contributed by atoms with Crippen molar-refractivity contribution in [1.82, 2.24) is 4.98 Å². The lowest BCUT2D eigenvalue weighted by molar-refractivity contribution is -0.116. The first-order valence-corrected chi connectivity index (χ1v) is 7.52. The molecule has 0 unspecified atom stereocenters. The minimum absolute atomic E-state index is 0.0151. The number of benzene rings is 1. The number of hydrogen-bond donors (Lipinski definition) is 1. The van der Waals surface area contributed by atoms with Gasteiger partial charge >= 0.3 is 0 Å². The van der Waals surface area contributed by atoms with Crippen LogP contribution in [0.15, 0.2) is 36.5 Å². The first-order valence-electron chi connectivity index (χ1n) is 6.70. The van der Waals surface area contributed by atoms with Crippen LogP contribution in [0, 0.1) is 0 Å². The highest BCUT2D eigenvalue weighted by Gasteiger charge is 2.06. The van der Waals surface area contributed by atoms with Gasteiger partial charge in [0.25, 0.3) is 0 Å². The van der Waals surface area contributed by atoms with Gasteiger partial charge in [-0.05, 0) is 25.0 Å². The number of aryl methyl sites for hydroxylation is 1. The van der Waals surface area contributed by atoms with E-state index in [1.165, 1.54) is 16.2 Å². The van der Waals surface area contributed by atoms with Crippen LogP contribution in [0.5, 0.6) is 5.75 Å². The number of para-hydroxylation sites is 1. The Kier molecular flexibility index (Phi) is 5.55. The van der Waals surface area contributed by atoms with Gasteiger partial charge in [-0.1, -0.05) is 25.1 Å². The SMILES string of the molecule is CCc1cnc(NC(=O)CCCOc2ccccc2)s1. The second-order valence-corrected chi connectivity index (χ2v) is 5.41. The molecule has 0 fully saturated rings. The smallest absolute Gasteiger partial charge is 0.226 e. The van der Waals surface area contributed by atoms with Gasteiger partial charge in [-0.25, -0.2) is 4.98 Å². The van der Waals surface area contributed by atoms with Gasteiger partial charge < -0.3 is 10.1 Å². The number of anilines is 1. The molecule has 2 aromatic rings. The van der Waals surface area contributed by atoms with E-state index in [4.69, 9.17) is 4.74 Å². The Morgan fingerprint density at radius 3 is 2.85 bits per heavy atom. The molecule has 5 heteroatoms. The summed E-state index contributed by atoms with van der Waals surface area (Å²) < 4.78 is 5.54. The van der Waals surface area contributed by atoms with Crippen LogP contribution in [0.2, 0.25) is 0 Å². The maximum absolute atomic E-state index is 11.7. The standard InChI is InChI=1S/C15H18N2O2S/c1-2-13-11-16-15(20-13)17-14(18)9-6-10-19-12-7-4-3-5-8-12/h3-5,7-8,11H,2,6,9-10H2,1H3,(H,16,17,18). The number of carbonyl (C=O) groups is 1. The Morgan fingerprint density at radius 2 is 2.15 bits per heavy atom. The topological polar surface area (TPSA) is 51.2 Å². The largest absolute Gasteiger partial charge is 0.494 e. The molecule has 0 aliphatic carbocycles. The monoisotopic (exact) mass is 290 g/mol. The zero-order valence-corrected chi connectivity index (χ0v) is 12.3. The Hall–Kier alpha value is -1.88. The first-order chi connectivity index (χ1) is 9.78. The van der Waals surface area contributed by atoms with Crippen LogP contribution >= 0.6 is 11.3 Å². The Morgan fingerprint density at radius 1 is 1.35 bits per heavy atom. The molecule has 1 heterocycles. The molecule has 106 valence electrons. The molecule has 0 bridgehead atoms. The average molecular weight is 290 g/mol. The van der Waals surface area contributed by atoms with Gasteiger partial charge in [0.05, 0.1) is 6.61 Å². The van der Waals surface area contributed by atoms with Crippen LogP contribution in [0.25, 0.3) is 0 Å². The summed E-state index contributed by atoms with van der Waals surface area (Å²) in [5.74, 6) is 0.819. The van der Waals surface area contributed by atoms with Crippen LogP contribution in [0.1, 0.15) is 24.6 Å². The van der Waals surface area contributed by atoms with Crippen molar-refractivity contribution in [1.29, 1.82) is 0 Å². The summed E-state index contributed by atoms with van der Waals surface area (Å²) in [4.78, 5) is 17.1. The maximum Gasteiger partial charge on any atom is 0.226 e. The van der Waals surface area contributed by atoms with Crippen molar-refractivity contribution in [2.75, 3.05) is 11.9 Å². The second-order valence-electron chi connectivity index (χ2n) is 4.30. The van der Waals surface area contributed by atoms with E-state index in [1.807, 2.05) is 30.3 Å². The lowest BCUT2D eigenvalue weighted by Crippen LogP contribution is -2.12. The third-order valence-corrected chi connectivity index (χ3v) is 3.77. The molecule has 2 rings (SSSR count). The molecular formula is C15H18N2O2S. The molecule has 0 saturated heterocycles. The van der Waals surface area contributed by atoms with Gasteiger partial charge in [0.2, 0.25) is 5.91 Å². The first kappa shape index (κ1) is 14.5. The summed E-state index contributed by atoms with van der Waals surface area (Å²) in [5, 5.41) is 3.48. The van der Waals surface area contributed by atoms with Crippen molar-refractivity contribution in [2.24, 2.45) is 0 Å². The van der Waals surface area contributed by atoms with E-state index in [0.717, 1.165) is 12.2 Å². The van der Waals surface area contributed by atoms with Crippen LogP contribution in [0.4, 0.5) is 5.13 Å². The van der Waals surface area contributed by atoms with Gasteiger partial charge in [0, 0.05) is 17.5 Å². The summed E-state index contributed by atoms with van der Waals surface area (Å²) in [6, 6.07) is 9.61. The molecule has 0 radical (unpaired) electrons. The fourth-order valence-electron chi connectivity index (χ4n) is 1.65. The van der Waals surface area contributed by atoms with Crippen molar-refractivity contribution in [2.45, 2.75) is 26.2 Å². The predicted molar refractivity (Wildman–Crippen MR) is 81.3 cm³/mol. The number of aromatic nitrogens is 1. The zero-order chi connectivity index (χ0) is 14.2. The lowest BCUT2D eigenvalue weighted by Gasteiger charge is -2.05. The fourth-order valence-corrected chi connectivity index (χ4v) is 2.42. The summed E-state index contributed by atoms with van der Waals surface area (Å²) in [6.07, 6.45) is 3.87. The number of nitrogens with one attached hydrogen (secondary N) is 1. The third-order valence-electron chi connectivity index (χ3n) is 2.71. The minimum Gasteiger partial charge on any atom is -0.494 e. The molecule has 1 aromatic carbocycles. The molecule has 4 nitrogen and oxygen atoms in total. The molecule has 0 spiro atoms. The normalized spacial score (nSPS) is 10.2. The molecule has 0 aliphatic heterocycles. The molecule has 0 aliphatic rings. The van der Waals surface area contributed by atoms with Crippen LogP contribution in [0.3, 0.4) is 0 Å². The predicted octanol–water partition coefficient (Wildman–Crippen LogP) is 3.50. The van der Waals surface area contributed by atoms with Crippen LogP contribution in [-0.4, -0.2) is 17.5 Å². The minimum atomic E-state index is -0.0151. The highest BCUT2D eigenvalue weighted by atomic mass is 32.1. The molecule has 20 heavy (non-hydrogen) atoms. The molecular weight excluding hydrogens is 272 g/mol. The number of amides is 1. The molecule has 0 saturated carbocycles. The highest BCUT2D eigenvalue weighted by molar-refractivity contribution is 7.15. The number of rotatable bonds is 7. The zero-order valence-electron chi connectivity index (χ0n) is 11.5. The third kappa shape index (κ3) is 4.66. The maximum atomic E-state index is 11.7. The number of hydrogen-bond acceptors (Lipinski definition) is 4. The van der Waals surface area contributed by atoms with E-state index in [9.17, 15) is 4.79 Å². The number of ether oxygens (including phenoxy) is 1. The van der Waals surface area contributed by atoms with Crippen LogP contribution < -0.4 is 10.1 Å². The number of nitrogens with zero attached hydrogens (tertiary/aromatic N) is 1. The molecule has 0 atom stereocenters. The van der Waals surface area contributed by atoms with Crippen molar-refractivity contribution in [3.63, 3.8) is 0 Å². The van der Waals surface area contributed by atoms with Crippen molar-refractivity contribution >= 4 is 22.4 Å². The average Bonchev–Trinajstić information content (AvgIpc) is 2.92. The van der Waals surface area contributed by atoms with E-state index in [2.05, 4.69) is 17.2 Å². The highest BCUT2D eigenvalue weighted by Crippen LogP contribution is 2.18. The van der Waals surface area contributed by atoms with Gasteiger partial charge in [0.15, 0.2) is 5.13 Å². The van der Waals surface area contributed by atoms with Gasteiger partial charge in [-0.3, -0.25) is 4.79 Å². The Balaban J connectivity index is 1.65. The number of thiazole rings is 1. The summed E-state index contributed by atoms with van der Waals surface area (Å²) in [7, 11) is 0. The summed E-state index contributed by atoms with van der Waals surface area (Å²) in [5.41, 5.74) is 0. The molecule has 1 N–H and O–H groups in total. The Bertz CT molecular complexity index is 540. The van der Waals surface area contributed by atoms with Gasteiger partial charge in [0.1, 0.15) is 5.75 Å². The molecule has 1 amide bonds. The summed E-state index contributed by atoms with van der Waals surface area (Å²) >= 11 is 1.52. The number of carbonyl (C=O) groups excluding carboxylic acids is 1. The quantitative estimate of drug-likeness (QED) is 0.794. The second kappa shape index (κ2) is 7.65. The van der Waals surface area contributed by atoms with Gasteiger partial charge in [-0.2, -0.15) is 0 Å². The fraction of sp³-hybridized carbons (Fsp3) is 0.333. The van der Waals surface area contributed by atoms with E-state index in [0.29, 0.717) is 24.6 Å². The van der Waals surface area contributed by atoms with E-state index in [-0.39, 0.29) is 5.91 Å². The Labute approximate surface area is 122 Å². The lowest BCUT2D eigenvalue weighted by atomic mass is 10.3. The van der Waals surface area contributed by atoms with Crippen molar-refractivity contribution < 1.29 is 9.53 Å². The van der Waals surface area contributed by atoms with Crippen molar-refractivity contribution in [3.05, 3.63) is 41.4 Å². The van der Waals surface area contributed by atoms with Gasteiger partial charge in [-0.15, -0.1) is 11.3 Å².